The van der Waals surface area contributed by atoms with Gasteiger partial charge in [0.1, 0.15) is 4.88 Å². The smallest absolute Gasteiger partial charge is 0.263 e. The summed E-state index contributed by atoms with van der Waals surface area (Å²) in [6.07, 6.45) is 0.777. The Morgan fingerprint density at radius 3 is 2.70 bits per heavy atom. The minimum Gasteiger partial charge on any atom is -0.505 e. The summed E-state index contributed by atoms with van der Waals surface area (Å²) in [5.41, 5.74) is 0.273. The molecule has 2 aromatic rings. The van der Waals surface area contributed by atoms with Gasteiger partial charge in [-0.15, -0.1) is 11.3 Å². The predicted octanol–water partition coefficient (Wildman–Crippen LogP) is 3.64. The van der Waals surface area contributed by atoms with Gasteiger partial charge in [0.25, 0.3) is 11.8 Å². The highest BCUT2D eigenvalue weighted by atomic mass is 35.5. The number of aromatic hydroxyl groups is 1. The van der Waals surface area contributed by atoms with Crippen LogP contribution in [0.1, 0.15) is 33.4 Å². The lowest BCUT2D eigenvalue weighted by molar-refractivity contribution is 0.0958. The Balaban J connectivity index is 2.20. The van der Waals surface area contributed by atoms with Crippen molar-refractivity contribution < 1.29 is 19.1 Å². The van der Waals surface area contributed by atoms with E-state index in [1.165, 1.54) is 12.1 Å². The van der Waals surface area contributed by atoms with E-state index in [-0.39, 0.29) is 22.0 Å². The van der Waals surface area contributed by atoms with Gasteiger partial charge >= 0.3 is 0 Å². The zero-order valence-corrected chi connectivity index (χ0v) is 13.7. The van der Waals surface area contributed by atoms with Gasteiger partial charge in [0, 0.05) is 12.1 Å². The van der Waals surface area contributed by atoms with Crippen LogP contribution in [0, 0.1) is 5.82 Å². The summed E-state index contributed by atoms with van der Waals surface area (Å²) >= 11 is 6.95. The van der Waals surface area contributed by atoms with Gasteiger partial charge in [-0.25, -0.2) is 4.39 Å². The van der Waals surface area contributed by atoms with Gasteiger partial charge in [0.2, 0.25) is 0 Å². The number of phenols is 1. The SMILES string of the molecule is CCCNC(=O)c1sc(Cl)cc1NC(=O)c1ccc(O)c(F)c1. The van der Waals surface area contributed by atoms with Gasteiger partial charge in [0.05, 0.1) is 10.0 Å². The second-order valence-electron chi connectivity index (χ2n) is 4.67. The molecule has 0 saturated heterocycles. The van der Waals surface area contributed by atoms with E-state index in [1.54, 1.807) is 0 Å². The van der Waals surface area contributed by atoms with E-state index in [9.17, 15) is 14.0 Å². The number of nitrogens with one attached hydrogen (secondary N) is 2. The second-order valence-corrected chi connectivity index (χ2v) is 6.35. The zero-order chi connectivity index (χ0) is 17.0. The zero-order valence-electron chi connectivity index (χ0n) is 12.2. The van der Waals surface area contributed by atoms with E-state index in [0.717, 1.165) is 29.9 Å². The van der Waals surface area contributed by atoms with E-state index in [0.29, 0.717) is 10.9 Å². The molecule has 0 spiro atoms. The van der Waals surface area contributed by atoms with Gasteiger partial charge in [-0.3, -0.25) is 9.59 Å². The molecule has 1 aromatic heterocycles. The molecule has 2 amide bonds. The highest BCUT2D eigenvalue weighted by Crippen LogP contribution is 2.31. The van der Waals surface area contributed by atoms with Crippen molar-refractivity contribution in [1.29, 1.82) is 0 Å². The van der Waals surface area contributed by atoms with Crippen LogP contribution in [-0.2, 0) is 0 Å². The standard InChI is InChI=1S/C15H14ClFN2O3S/c1-2-5-18-15(22)13-10(7-12(16)23-13)19-14(21)8-3-4-11(20)9(17)6-8/h3-4,6-7,20H,2,5H2,1H3,(H,18,22)(H,19,21). The number of amides is 2. The molecule has 5 nitrogen and oxygen atoms in total. The Bertz CT molecular complexity index is 748. The number of phenolic OH excluding ortho intramolecular Hbond substituents is 1. The molecule has 0 aliphatic carbocycles. The number of thiophene rings is 1. The normalized spacial score (nSPS) is 10.4. The maximum Gasteiger partial charge on any atom is 0.263 e. The fourth-order valence-corrected chi connectivity index (χ4v) is 2.88. The van der Waals surface area contributed by atoms with Crippen molar-refractivity contribution in [3.63, 3.8) is 0 Å². The molecule has 0 atom stereocenters. The third-order valence-corrected chi connectivity index (χ3v) is 4.16. The number of hydrogen-bond donors (Lipinski definition) is 3. The summed E-state index contributed by atoms with van der Waals surface area (Å²) in [6, 6.07) is 4.73. The molecular formula is C15H14ClFN2O3S. The molecule has 0 unspecified atom stereocenters. The van der Waals surface area contributed by atoms with E-state index in [2.05, 4.69) is 10.6 Å². The lowest BCUT2D eigenvalue weighted by atomic mass is 10.2. The Morgan fingerprint density at radius 2 is 2.04 bits per heavy atom. The first kappa shape index (κ1) is 17.2. The monoisotopic (exact) mass is 356 g/mol. The second kappa shape index (κ2) is 7.43. The van der Waals surface area contributed by atoms with Crippen LogP contribution in [0.5, 0.6) is 5.75 Å². The van der Waals surface area contributed by atoms with E-state index >= 15 is 0 Å². The molecule has 0 bridgehead atoms. The highest BCUT2D eigenvalue weighted by Gasteiger charge is 2.18. The molecule has 23 heavy (non-hydrogen) atoms. The number of carbonyl (C=O) groups is 2. The molecule has 1 aromatic carbocycles. The van der Waals surface area contributed by atoms with Crippen molar-refractivity contribution >= 4 is 40.4 Å². The molecule has 2 rings (SSSR count). The quantitative estimate of drug-likeness (QED) is 0.765. The Morgan fingerprint density at radius 1 is 1.30 bits per heavy atom. The fraction of sp³-hybridized carbons (Fsp3) is 0.200. The molecule has 0 fully saturated rings. The van der Waals surface area contributed by atoms with Crippen molar-refractivity contribution in [2.75, 3.05) is 11.9 Å². The number of benzene rings is 1. The number of hydrogen-bond acceptors (Lipinski definition) is 4. The number of halogens is 2. The van der Waals surface area contributed by atoms with Crippen LogP contribution in [0.4, 0.5) is 10.1 Å². The van der Waals surface area contributed by atoms with E-state index in [4.69, 9.17) is 16.7 Å². The average molecular weight is 357 g/mol. The molecule has 1 heterocycles. The third kappa shape index (κ3) is 4.20. The van der Waals surface area contributed by atoms with Gasteiger partial charge < -0.3 is 15.7 Å². The fourth-order valence-electron chi connectivity index (χ4n) is 1.78. The maximum atomic E-state index is 13.3. The third-order valence-electron chi connectivity index (χ3n) is 2.90. The van der Waals surface area contributed by atoms with Crippen molar-refractivity contribution in [3.05, 3.63) is 44.9 Å². The average Bonchev–Trinajstić information content (AvgIpc) is 2.88. The molecular weight excluding hydrogens is 343 g/mol. The van der Waals surface area contributed by atoms with Gasteiger partial charge in [-0.1, -0.05) is 18.5 Å². The van der Waals surface area contributed by atoms with E-state index in [1.807, 2.05) is 6.92 Å². The summed E-state index contributed by atoms with van der Waals surface area (Å²) in [7, 11) is 0. The Labute approximate surface area is 141 Å². The minimum atomic E-state index is -0.901. The van der Waals surface area contributed by atoms with Crippen molar-refractivity contribution in [1.82, 2.24) is 5.32 Å². The maximum absolute atomic E-state index is 13.3. The lowest BCUT2D eigenvalue weighted by Gasteiger charge is -2.07. The number of anilines is 1. The van der Waals surface area contributed by atoms with Crippen molar-refractivity contribution in [2.24, 2.45) is 0 Å². The van der Waals surface area contributed by atoms with Crippen LogP contribution in [0.25, 0.3) is 0 Å². The largest absolute Gasteiger partial charge is 0.505 e. The minimum absolute atomic E-state index is 0.0162. The molecule has 0 saturated carbocycles. The summed E-state index contributed by atoms with van der Waals surface area (Å²) in [6.45, 7) is 2.43. The summed E-state index contributed by atoms with van der Waals surface area (Å²) in [4.78, 5) is 24.5. The highest BCUT2D eigenvalue weighted by molar-refractivity contribution is 7.18. The van der Waals surface area contributed by atoms with Crippen LogP contribution < -0.4 is 10.6 Å². The predicted molar refractivity (Wildman–Crippen MR) is 88.0 cm³/mol. The van der Waals surface area contributed by atoms with Crippen LogP contribution in [0.2, 0.25) is 4.34 Å². The number of rotatable bonds is 5. The van der Waals surface area contributed by atoms with Crippen LogP contribution in [-0.4, -0.2) is 23.5 Å². The first-order chi connectivity index (χ1) is 10.9. The topological polar surface area (TPSA) is 78.4 Å². The molecule has 0 radical (unpaired) electrons. The van der Waals surface area contributed by atoms with Gasteiger partial charge in [0.15, 0.2) is 11.6 Å². The van der Waals surface area contributed by atoms with Crippen LogP contribution >= 0.6 is 22.9 Å². The van der Waals surface area contributed by atoms with Gasteiger partial charge in [-0.05, 0) is 30.7 Å². The first-order valence-corrected chi connectivity index (χ1v) is 7.99. The van der Waals surface area contributed by atoms with Crippen LogP contribution in [0.3, 0.4) is 0 Å². The molecule has 3 N–H and O–H groups in total. The van der Waals surface area contributed by atoms with E-state index < -0.39 is 17.5 Å². The summed E-state index contributed by atoms with van der Waals surface area (Å²) in [5, 5.41) is 14.4. The van der Waals surface area contributed by atoms with Crippen molar-refractivity contribution in [3.8, 4) is 5.75 Å². The summed E-state index contributed by atoms with van der Waals surface area (Å²) in [5.74, 6) is -2.39. The lowest BCUT2D eigenvalue weighted by Crippen LogP contribution is -2.24. The molecule has 8 heteroatoms. The molecule has 0 aliphatic rings. The Hall–Kier alpha value is -2.12. The molecule has 0 aliphatic heterocycles. The summed E-state index contributed by atoms with van der Waals surface area (Å²) < 4.78 is 13.7. The Kier molecular flexibility index (Phi) is 5.57. The van der Waals surface area contributed by atoms with Crippen LogP contribution in [0.15, 0.2) is 24.3 Å². The molecule has 122 valence electrons. The van der Waals surface area contributed by atoms with Crippen molar-refractivity contribution in [2.45, 2.75) is 13.3 Å². The van der Waals surface area contributed by atoms with Gasteiger partial charge in [-0.2, -0.15) is 0 Å². The number of carbonyl (C=O) groups excluding carboxylic acids is 2. The first-order valence-electron chi connectivity index (χ1n) is 6.79.